The van der Waals surface area contributed by atoms with E-state index in [4.69, 9.17) is 18.0 Å². The number of nitrogens with two attached hydrogens (primary N) is 1. The van der Waals surface area contributed by atoms with Gasteiger partial charge in [0.05, 0.1) is 11.0 Å². The molecule has 2 unspecified atom stereocenters. The Kier molecular flexibility index (Phi) is 2.97. The van der Waals surface area contributed by atoms with Crippen LogP contribution in [0.5, 0.6) is 0 Å². The summed E-state index contributed by atoms with van der Waals surface area (Å²) < 4.78 is 0. The maximum Gasteiger partial charge on any atom is 0.292 e. The molecule has 2 atom stereocenters. The van der Waals surface area contributed by atoms with Crippen LogP contribution in [-0.4, -0.2) is 16.3 Å². The minimum absolute atomic E-state index is 0.0333. The lowest BCUT2D eigenvalue weighted by Crippen LogP contribution is -2.20. The van der Waals surface area contributed by atoms with E-state index >= 15 is 0 Å². The van der Waals surface area contributed by atoms with Crippen LogP contribution in [0.25, 0.3) is 0 Å². The van der Waals surface area contributed by atoms with E-state index in [2.05, 4.69) is 5.32 Å². The fraction of sp³-hybridized carbons (Fsp3) is 0.364. The molecule has 17 heavy (non-hydrogen) atoms. The van der Waals surface area contributed by atoms with Crippen LogP contribution in [0, 0.1) is 10.1 Å². The number of nitro groups is 1. The third-order valence-corrected chi connectivity index (χ3v) is 3.43. The van der Waals surface area contributed by atoms with Crippen molar-refractivity contribution in [3.05, 3.63) is 27.8 Å². The smallest absolute Gasteiger partial charge is 0.292 e. The molecule has 0 aromatic heterocycles. The second-order valence-corrected chi connectivity index (χ2v) is 4.35. The Morgan fingerprint density at radius 1 is 1.65 bits per heavy atom. The standard InChI is InChI=1S/C11H13N3O2S/c1-2-6-7-3-11(14(15)16)8(12)4-9(7)13-10(6)5-17/h3-6,10,13H,2,12H2,1H3. The van der Waals surface area contributed by atoms with Gasteiger partial charge in [-0.2, -0.15) is 0 Å². The number of hydrogen-bond acceptors (Lipinski definition) is 5. The summed E-state index contributed by atoms with van der Waals surface area (Å²) >= 11 is 4.97. The van der Waals surface area contributed by atoms with E-state index < -0.39 is 4.92 Å². The zero-order chi connectivity index (χ0) is 12.6. The lowest BCUT2D eigenvalue weighted by Gasteiger charge is -2.13. The first kappa shape index (κ1) is 11.8. The van der Waals surface area contributed by atoms with E-state index in [1.165, 1.54) is 0 Å². The molecule has 1 heterocycles. The molecule has 0 amide bonds. The van der Waals surface area contributed by atoms with Gasteiger partial charge in [-0.15, -0.1) is 0 Å². The molecule has 1 aromatic carbocycles. The van der Waals surface area contributed by atoms with Crippen LogP contribution >= 0.6 is 12.2 Å². The van der Waals surface area contributed by atoms with Crippen molar-refractivity contribution in [2.45, 2.75) is 25.3 Å². The number of rotatable bonds is 3. The third-order valence-electron chi connectivity index (χ3n) is 3.14. The summed E-state index contributed by atoms with van der Waals surface area (Å²) in [5.74, 6) is 0.182. The number of hydrogen-bond donors (Lipinski definition) is 2. The van der Waals surface area contributed by atoms with Gasteiger partial charge in [0.2, 0.25) is 0 Å². The summed E-state index contributed by atoms with van der Waals surface area (Å²) in [5, 5.41) is 15.7. The highest BCUT2D eigenvalue weighted by Gasteiger charge is 2.31. The number of fused-ring (bicyclic) bond motifs is 1. The fourth-order valence-electron chi connectivity index (χ4n) is 2.29. The van der Waals surface area contributed by atoms with Gasteiger partial charge >= 0.3 is 0 Å². The molecule has 1 aliphatic rings. The zero-order valence-electron chi connectivity index (χ0n) is 9.34. The van der Waals surface area contributed by atoms with Crippen LogP contribution in [0.1, 0.15) is 24.8 Å². The Hall–Kier alpha value is -1.69. The highest BCUT2D eigenvalue weighted by atomic mass is 32.1. The topological polar surface area (TPSA) is 81.2 Å². The molecule has 0 fully saturated rings. The summed E-state index contributed by atoms with van der Waals surface area (Å²) in [6, 6.07) is 3.23. The molecule has 0 spiro atoms. The quantitative estimate of drug-likeness (QED) is 0.373. The van der Waals surface area contributed by atoms with E-state index in [9.17, 15) is 10.1 Å². The first-order chi connectivity index (χ1) is 8.08. The minimum Gasteiger partial charge on any atom is -0.393 e. The average Bonchev–Trinajstić information content (AvgIpc) is 2.63. The van der Waals surface area contributed by atoms with Crippen molar-refractivity contribution in [2.24, 2.45) is 0 Å². The van der Waals surface area contributed by atoms with Crippen LogP contribution in [0.4, 0.5) is 17.1 Å². The molecule has 2 rings (SSSR count). The number of nitrogens with one attached hydrogen (secondary N) is 1. The van der Waals surface area contributed by atoms with E-state index in [1.807, 2.05) is 6.92 Å². The average molecular weight is 251 g/mol. The van der Waals surface area contributed by atoms with Crippen LogP contribution in [0.2, 0.25) is 0 Å². The molecule has 90 valence electrons. The van der Waals surface area contributed by atoms with E-state index in [1.54, 1.807) is 17.5 Å². The predicted molar refractivity (Wildman–Crippen MR) is 71.6 cm³/mol. The number of thiocarbonyl (C=S) groups is 1. The van der Waals surface area contributed by atoms with Crippen molar-refractivity contribution in [1.82, 2.24) is 0 Å². The molecule has 0 bridgehead atoms. The Labute approximate surface area is 104 Å². The van der Waals surface area contributed by atoms with Crippen LogP contribution in [0.3, 0.4) is 0 Å². The van der Waals surface area contributed by atoms with Gasteiger partial charge < -0.3 is 11.1 Å². The van der Waals surface area contributed by atoms with Crippen molar-refractivity contribution < 1.29 is 4.92 Å². The van der Waals surface area contributed by atoms with Gasteiger partial charge in [0.25, 0.3) is 5.69 Å². The molecule has 1 aliphatic heterocycles. The third kappa shape index (κ3) is 1.84. The largest absolute Gasteiger partial charge is 0.393 e. The first-order valence-electron chi connectivity index (χ1n) is 5.38. The molecular weight excluding hydrogens is 238 g/mol. The van der Waals surface area contributed by atoms with Gasteiger partial charge in [-0.25, -0.2) is 0 Å². The van der Waals surface area contributed by atoms with Gasteiger partial charge in [0.15, 0.2) is 0 Å². The second-order valence-electron chi connectivity index (χ2n) is 4.08. The first-order valence-corrected chi connectivity index (χ1v) is 5.85. The summed E-state index contributed by atoms with van der Waals surface area (Å²) in [6.07, 6.45) is 0.874. The van der Waals surface area contributed by atoms with Crippen molar-refractivity contribution in [2.75, 3.05) is 11.1 Å². The molecule has 0 saturated heterocycles. The van der Waals surface area contributed by atoms with Crippen molar-refractivity contribution in [1.29, 1.82) is 0 Å². The molecule has 5 nitrogen and oxygen atoms in total. The highest BCUT2D eigenvalue weighted by molar-refractivity contribution is 7.79. The van der Waals surface area contributed by atoms with Crippen molar-refractivity contribution in [3.63, 3.8) is 0 Å². The van der Waals surface area contributed by atoms with Gasteiger partial charge in [-0.3, -0.25) is 10.1 Å². The molecule has 0 aliphatic carbocycles. The maximum absolute atomic E-state index is 10.8. The SMILES string of the molecule is CCC1c2cc([N+](=O)[O-])c(N)cc2NC1C=S. The molecule has 0 radical (unpaired) electrons. The number of benzene rings is 1. The number of anilines is 2. The Morgan fingerprint density at radius 3 is 2.88 bits per heavy atom. The Morgan fingerprint density at radius 2 is 2.35 bits per heavy atom. The van der Waals surface area contributed by atoms with Crippen LogP contribution < -0.4 is 11.1 Å². The van der Waals surface area contributed by atoms with Gasteiger partial charge in [0.1, 0.15) is 5.69 Å². The Bertz CT molecular complexity index is 490. The fourth-order valence-corrected chi connectivity index (χ4v) is 2.55. The molecular formula is C11H13N3O2S. The maximum atomic E-state index is 10.8. The molecule has 3 N–H and O–H groups in total. The Balaban J connectivity index is 2.52. The molecule has 1 aromatic rings. The monoisotopic (exact) mass is 251 g/mol. The van der Waals surface area contributed by atoms with Gasteiger partial charge in [0, 0.05) is 23.0 Å². The predicted octanol–water partition coefficient (Wildman–Crippen LogP) is 2.46. The summed E-state index contributed by atoms with van der Waals surface area (Å²) in [5.41, 5.74) is 7.58. The number of nitro benzene ring substituents is 1. The van der Waals surface area contributed by atoms with Crippen molar-refractivity contribution in [3.8, 4) is 0 Å². The summed E-state index contributed by atoms with van der Waals surface area (Å²) in [7, 11) is 0. The highest BCUT2D eigenvalue weighted by Crippen LogP contribution is 2.41. The van der Waals surface area contributed by atoms with Gasteiger partial charge in [-0.05, 0) is 18.1 Å². The lowest BCUT2D eigenvalue weighted by molar-refractivity contribution is -0.383. The molecule has 0 saturated carbocycles. The van der Waals surface area contributed by atoms with E-state index in [0.29, 0.717) is 0 Å². The van der Waals surface area contributed by atoms with Crippen molar-refractivity contribution >= 4 is 34.6 Å². The molecule has 6 heteroatoms. The summed E-state index contributed by atoms with van der Waals surface area (Å²) in [4.78, 5) is 10.4. The van der Waals surface area contributed by atoms with E-state index in [0.717, 1.165) is 17.7 Å². The van der Waals surface area contributed by atoms with Crippen LogP contribution in [0.15, 0.2) is 12.1 Å². The van der Waals surface area contributed by atoms with E-state index in [-0.39, 0.29) is 23.3 Å². The lowest BCUT2D eigenvalue weighted by atomic mass is 9.93. The van der Waals surface area contributed by atoms with Gasteiger partial charge in [-0.1, -0.05) is 19.1 Å². The normalized spacial score (nSPS) is 21.7. The summed E-state index contributed by atoms with van der Waals surface area (Å²) in [6.45, 7) is 2.04. The minimum atomic E-state index is -0.451. The number of nitrogen functional groups attached to an aromatic ring is 1. The van der Waals surface area contributed by atoms with Crippen LogP contribution in [-0.2, 0) is 0 Å². The number of nitrogens with zero attached hydrogens (tertiary/aromatic N) is 1. The second kappa shape index (κ2) is 4.29. The zero-order valence-corrected chi connectivity index (χ0v) is 10.2.